The van der Waals surface area contributed by atoms with E-state index in [1.807, 2.05) is 12.1 Å². The number of likely N-dealkylation sites (N-methyl/N-ethyl adjacent to an activating group) is 1. The highest BCUT2D eigenvalue weighted by molar-refractivity contribution is 5.99. The molecular weight excluding hydrogens is 226 g/mol. The number of hydrogen-bond acceptors (Lipinski definition) is 3. The smallest absolute Gasteiger partial charge is 0.163 e. The Hall–Kier alpha value is -1.35. The van der Waals surface area contributed by atoms with Gasteiger partial charge >= 0.3 is 0 Å². The number of ether oxygens (including phenoxy) is 1. The van der Waals surface area contributed by atoms with Crippen LogP contribution in [0, 0.1) is 5.92 Å². The van der Waals surface area contributed by atoms with E-state index >= 15 is 0 Å². The normalized spacial score (nSPS) is 27.6. The van der Waals surface area contributed by atoms with Crippen molar-refractivity contribution in [2.45, 2.75) is 18.8 Å². The number of fused-ring (bicyclic) bond motifs is 3. The van der Waals surface area contributed by atoms with Gasteiger partial charge in [-0.2, -0.15) is 0 Å². The Morgan fingerprint density at radius 1 is 1.39 bits per heavy atom. The van der Waals surface area contributed by atoms with Crippen molar-refractivity contribution in [1.29, 1.82) is 0 Å². The lowest BCUT2D eigenvalue weighted by atomic mass is 9.71. The molecule has 1 fully saturated rings. The van der Waals surface area contributed by atoms with Gasteiger partial charge in [0.05, 0.1) is 7.11 Å². The van der Waals surface area contributed by atoms with Crippen molar-refractivity contribution in [2.24, 2.45) is 5.92 Å². The lowest BCUT2D eigenvalue weighted by molar-refractivity contribution is 0.0887. The highest BCUT2D eigenvalue weighted by atomic mass is 16.5. The van der Waals surface area contributed by atoms with Crippen molar-refractivity contribution in [3.8, 4) is 5.75 Å². The highest BCUT2D eigenvalue weighted by Crippen LogP contribution is 2.41. The van der Waals surface area contributed by atoms with Crippen LogP contribution in [0.2, 0.25) is 0 Å². The summed E-state index contributed by atoms with van der Waals surface area (Å²) in [6, 6.07) is 5.88. The van der Waals surface area contributed by atoms with Crippen molar-refractivity contribution >= 4 is 5.78 Å². The number of likely N-dealkylation sites (tertiary alicyclic amines) is 1. The number of ketones is 1. The summed E-state index contributed by atoms with van der Waals surface area (Å²) in [5.41, 5.74) is 2.11. The third-order valence-corrected chi connectivity index (χ3v) is 4.37. The molecule has 1 heterocycles. The minimum absolute atomic E-state index is 0.304. The van der Waals surface area contributed by atoms with Crippen LogP contribution in [-0.2, 0) is 0 Å². The van der Waals surface area contributed by atoms with Crippen LogP contribution < -0.4 is 4.74 Å². The largest absolute Gasteiger partial charge is 0.497 e. The van der Waals surface area contributed by atoms with E-state index < -0.39 is 0 Å². The Morgan fingerprint density at radius 3 is 3.00 bits per heavy atom. The topological polar surface area (TPSA) is 29.5 Å². The van der Waals surface area contributed by atoms with Crippen LogP contribution in [0.5, 0.6) is 5.75 Å². The summed E-state index contributed by atoms with van der Waals surface area (Å²) in [7, 11) is 3.84. The summed E-state index contributed by atoms with van der Waals surface area (Å²) in [5.74, 6) is 2.17. The van der Waals surface area contributed by atoms with Gasteiger partial charge in [0.2, 0.25) is 0 Å². The summed E-state index contributed by atoms with van der Waals surface area (Å²) in [5, 5.41) is 0. The average Bonchev–Trinajstić information content (AvgIpc) is 2.39. The second kappa shape index (κ2) is 4.39. The van der Waals surface area contributed by atoms with Gasteiger partial charge in [0, 0.05) is 24.4 Å². The summed E-state index contributed by atoms with van der Waals surface area (Å²) < 4.78 is 5.30. The third-order valence-electron chi connectivity index (χ3n) is 4.37. The second-order valence-corrected chi connectivity index (χ2v) is 5.50. The zero-order valence-corrected chi connectivity index (χ0v) is 11.0. The minimum atomic E-state index is 0.304. The lowest BCUT2D eigenvalue weighted by Gasteiger charge is -2.40. The van der Waals surface area contributed by atoms with Gasteiger partial charge in [-0.15, -0.1) is 0 Å². The Balaban J connectivity index is 2.04. The Kier molecular flexibility index (Phi) is 2.86. The van der Waals surface area contributed by atoms with Gasteiger partial charge in [0.15, 0.2) is 5.78 Å². The second-order valence-electron chi connectivity index (χ2n) is 5.50. The molecule has 0 saturated carbocycles. The van der Waals surface area contributed by atoms with Crippen LogP contribution in [-0.4, -0.2) is 37.9 Å². The summed E-state index contributed by atoms with van der Waals surface area (Å²) in [6.07, 6.45) is 1.85. The lowest BCUT2D eigenvalue weighted by Crippen LogP contribution is -2.40. The van der Waals surface area contributed by atoms with Gasteiger partial charge in [-0.3, -0.25) is 4.79 Å². The number of methoxy groups -OCH3 is 1. The number of Topliss-reactive ketones (excluding diaryl/α,β-unsaturated/α-hetero) is 1. The molecule has 1 saturated heterocycles. The third kappa shape index (κ3) is 1.83. The fraction of sp³-hybridized carbons (Fsp3) is 0.533. The number of carbonyl (C=O) groups excluding carboxylic acids is 1. The summed E-state index contributed by atoms with van der Waals surface area (Å²) in [6.45, 7) is 2.16. The van der Waals surface area contributed by atoms with Crippen LogP contribution in [0.25, 0.3) is 0 Å². The first-order valence-corrected chi connectivity index (χ1v) is 6.58. The molecule has 0 N–H and O–H groups in total. The number of carbonyl (C=O) groups is 1. The predicted octanol–water partition coefficient (Wildman–Crippen LogP) is 2.32. The van der Waals surface area contributed by atoms with E-state index in [1.54, 1.807) is 7.11 Å². The Morgan fingerprint density at radius 2 is 2.22 bits per heavy atom. The first kappa shape index (κ1) is 11.7. The molecule has 96 valence electrons. The van der Waals surface area contributed by atoms with Crippen LogP contribution in [0.15, 0.2) is 18.2 Å². The van der Waals surface area contributed by atoms with E-state index in [1.165, 1.54) is 5.56 Å². The molecule has 3 rings (SSSR count). The van der Waals surface area contributed by atoms with Crippen LogP contribution in [0.1, 0.15) is 34.7 Å². The van der Waals surface area contributed by atoms with Crippen LogP contribution in [0.4, 0.5) is 0 Å². The molecular formula is C15H19NO2. The molecule has 0 radical (unpaired) electrons. The molecule has 0 unspecified atom stereocenters. The standard InChI is InChI=1S/C15H19NO2/c1-16-6-5-10-7-15(17)12-4-3-11(18-2)8-13(12)14(10)9-16/h3-4,8,10,14H,5-7,9H2,1-2H3/t10-,14-/m0/s1. The molecule has 0 bridgehead atoms. The van der Waals surface area contributed by atoms with Gasteiger partial charge < -0.3 is 9.64 Å². The monoisotopic (exact) mass is 245 g/mol. The Bertz CT molecular complexity index is 483. The first-order chi connectivity index (χ1) is 8.69. The zero-order chi connectivity index (χ0) is 12.7. The van der Waals surface area contributed by atoms with E-state index in [4.69, 9.17) is 4.74 Å². The maximum atomic E-state index is 12.2. The van der Waals surface area contributed by atoms with Gasteiger partial charge in [0.25, 0.3) is 0 Å². The van der Waals surface area contributed by atoms with Crippen molar-refractivity contribution < 1.29 is 9.53 Å². The number of rotatable bonds is 1. The maximum absolute atomic E-state index is 12.2. The summed E-state index contributed by atoms with van der Waals surface area (Å²) >= 11 is 0. The predicted molar refractivity (Wildman–Crippen MR) is 70.3 cm³/mol. The molecule has 1 aromatic rings. The fourth-order valence-corrected chi connectivity index (χ4v) is 3.34. The molecule has 3 heteroatoms. The van der Waals surface area contributed by atoms with Crippen molar-refractivity contribution in [1.82, 2.24) is 4.90 Å². The van der Waals surface area contributed by atoms with Crippen LogP contribution >= 0.6 is 0 Å². The van der Waals surface area contributed by atoms with E-state index in [2.05, 4.69) is 18.0 Å². The molecule has 0 spiro atoms. The number of benzene rings is 1. The molecule has 18 heavy (non-hydrogen) atoms. The molecule has 1 aliphatic heterocycles. The quantitative estimate of drug-likeness (QED) is 0.760. The van der Waals surface area contributed by atoms with Crippen molar-refractivity contribution in [3.63, 3.8) is 0 Å². The molecule has 2 atom stereocenters. The van der Waals surface area contributed by atoms with Crippen LogP contribution in [0.3, 0.4) is 0 Å². The summed E-state index contributed by atoms with van der Waals surface area (Å²) in [4.78, 5) is 14.5. The van der Waals surface area contributed by atoms with Gasteiger partial charge in [-0.05, 0) is 49.7 Å². The molecule has 1 aromatic carbocycles. The SMILES string of the molecule is COc1ccc2c(c1)[C@H]1CN(C)CC[C@H]1CC2=O. The molecule has 1 aliphatic carbocycles. The average molecular weight is 245 g/mol. The number of nitrogens with zero attached hydrogens (tertiary/aromatic N) is 1. The minimum Gasteiger partial charge on any atom is -0.497 e. The van der Waals surface area contributed by atoms with Gasteiger partial charge in [0.1, 0.15) is 5.75 Å². The van der Waals surface area contributed by atoms with Gasteiger partial charge in [-0.25, -0.2) is 0 Å². The highest BCUT2D eigenvalue weighted by Gasteiger charge is 2.37. The number of piperidine rings is 1. The van der Waals surface area contributed by atoms with E-state index in [-0.39, 0.29) is 0 Å². The molecule has 0 aromatic heterocycles. The molecule has 0 amide bonds. The number of hydrogen-bond donors (Lipinski definition) is 0. The zero-order valence-electron chi connectivity index (χ0n) is 11.0. The fourth-order valence-electron chi connectivity index (χ4n) is 3.34. The molecule has 3 nitrogen and oxygen atoms in total. The van der Waals surface area contributed by atoms with E-state index in [9.17, 15) is 4.79 Å². The van der Waals surface area contributed by atoms with E-state index in [0.717, 1.165) is 37.2 Å². The first-order valence-electron chi connectivity index (χ1n) is 6.58. The van der Waals surface area contributed by atoms with Crippen molar-refractivity contribution in [2.75, 3.05) is 27.2 Å². The maximum Gasteiger partial charge on any atom is 0.163 e. The molecule has 2 aliphatic rings. The Labute approximate surface area is 108 Å². The van der Waals surface area contributed by atoms with E-state index in [0.29, 0.717) is 17.6 Å². The van der Waals surface area contributed by atoms with Gasteiger partial charge in [-0.1, -0.05) is 0 Å². The van der Waals surface area contributed by atoms with Crippen molar-refractivity contribution in [3.05, 3.63) is 29.3 Å².